The fraction of sp³-hybridized carbons (Fsp3) is 0.435. The Labute approximate surface area is 201 Å². The van der Waals surface area contributed by atoms with Crippen molar-refractivity contribution in [2.24, 2.45) is 16.6 Å². The molecule has 3 aromatic rings. The van der Waals surface area contributed by atoms with E-state index in [0.29, 0.717) is 21.5 Å². The molecule has 3 aromatic heterocycles. The number of nitrogens with two attached hydrogens (primary N) is 1. The first-order chi connectivity index (χ1) is 16.4. The van der Waals surface area contributed by atoms with Crippen molar-refractivity contribution in [2.45, 2.75) is 58.0 Å². The average Bonchev–Trinajstić information content (AvgIpc) is 3.43. The molecule has 2 atom stereocenters. The van der Waals surface area contributed by atoms with E-state index in [1.54, 1.807) is 6.20 Å². The number of aliphatic imine (C=N–C) groups is 1. The molecule has 34 heavy (non-hydrogen) atoms. The number of carbonyl (C=O) groups excluding carboxylic acids is 1. The monoisotopic (exact) mass is 477 g/mol. The number of nitrogens with zero attached hydrogens (tertiary/aromatic N) is 6. The number of carbonyl (C=O) groups is 1. The maximum atomic E-state index is 12.7. The van der Waals surface area contributed by atoms with E-state index in [4.69, 9.17) is 21.4 Å². The summed E-state index contributed by atoms with van der Waals surface area (Å²) in [5, 5.41) is 19.6. The van der Waals surface area contributed by atoms with Gasteiger partial charge in [0.25, 0.3) is 5.91 Å². The second-order valence-corrected chi connectivity index (χ2v) is 9.86. The van der Waals surface area contributed by atoms with Gasteiger partial charge in [-0.3, -0.25) is 15.2 Å². The summed E-state index contributed by atoms with van der Waals surface area (Å²) in [6.45, 7) is 4.32. The minimum Gasteiger partial charge on any atom is -0.382 e. The Hall–Kier alpha value is -3.65. The van der Waals surface area contributed by atoms with Crippen LogP contribution in [0.25, 0.3) is 11.0 Å². The number of hydrogen-bond acceptors (Lipinski definition) is 7. The lowest BCUT2D eigenvalue weighted by molar-refractivity contribution is 0.0920. The number of amidine groups is 1. The number of nitrogens with one attached hydrogen (secondary N) is 2. The van der Waals surface area contributed by atoms with E-state index < -0.39 is 0 Å². The van der Waals surface area contributed by atoms with Gasteiger partial charge in [-0.2, -0.15) is 5.26 Å². The zero-order valence-electron chi connectivity index (χ0n) is 19.2. The van der Waals surface area contributed by atoms with Gasteiger partial charge in [-0.05, 0) is 37.7 Å². The molecule has 1 saturated carbocycles. The molecule has 0 saturated heterocycles. The Kier molecular flexibility index (Phi) is 6.98. The van der Waals surface area contributed by atoms with Crippen molar-refractivity contribution in [1.82, 2.24) is 24.8 Å². The number of fused-ring (bicyclic) bond motifs is 1. The van der Waals surface area contributed by atoms with E-state index >= 15 is 0 Å². The molecule has 10 nitrogen and oxygen atoms in total. The molecule has 2 unspecified atom stereocenters. The van der Waals surface area contributed by atoms with Crippen LogP contribution >= 0.6 is 11.3 Å². The van der Waals surface area contributed by atoms with E-state index in [2.05, 4.69) is 38.7 Å². The Morgan fingerprint density at radius 1 is 1.44 bits per heavy atom. The van der Waals surface area contributed by atoms with Crippen LogP contribution in [0.15, 0.2) is 23.5 Å². The molecule has 1 aliphatic carbocycles. The molecule has 0 bridgehead atoms. The Morgan fingerprint density at radius 3 is 2.97 bits per heavy atom. The third kappa shape index (κ3) is 4.97. The van der Waals surface area contributed by atoms with Gasteiger partial charge in [0.2, 0.25) is 0 Å². The zero-order valence-corrected chi connectivity index (χ0v) is 20.0. The predicted molar refractivity (Wildman–Crippen MR) is 131 cm³/mol. The SMILES string of the molecule is CC(C)Cc1nc2cnc(C(N)=NC=N)cc2n1C1CCCC(NC(=O)c2ncc(C#N)s2)C1. The fourth-order valence-electron chi connectivity index (χ4n) is 4.45. The highest BCUT2D eigenvalue weighted by Crippen LogP contribution is 2.34. The van der Waals surface area contributed by atoms with Crippen molar-refractivity contribution in [2.75, 3.05) is 0 Å². The number of pyridine rings is 1. The van der Waals surface area contributed by atoms with Crippen molar-refractivity contribution in [1.29, 1.82) is 10.7 Å². The molecule has 0 spiro atoms. The average molecular weight is 478 g/mol. The van der Waals surface area contributed by atoms with Gasteiger partial charge >= 0.3 is 0 Å². The maximum Gasteiger partial charge on any atom is 0.280 e. The summed E-state index contributed by atoms with van der Waals surface area (Å²) in [7, 11) is 0. The molecule has 1 amide bonds. The fourth-order valence-corrected chi connectivity index (χ4v) is 5.06. The van der Waals surface area contributed by atoms with E-state index in [1.807, 2.05) is 12.1 Å². The molecule has 11 heteroatoms. The molecule has 4 N–H and O–H groups in total. The van der Waals surface area contributed by atoms with Gasteiger partial charge in [-0.15, -0.1) is 0 Å². The van der Waals surface area contributed by atoms with Crippen molar-refractivity contribution in [3.63, 3.8) is 0 Å². The van der Waals surface area contributed by atoms with Crippen molar-refractivity contribution in [3.8, 4) is 6.07 Å². The number of imidazole rings is 1. The molecule has 0 radical (unpaired) electrons. The largest absolute Gasteiger partial charge is 0.382 e. The van der Waals surface area contributed by atoms with Crippen molar-refractivity contribution in [3.05, 3.63) is 39.9 Å². The van der Waals surface area contributed by atoms with E-state index in [1.165, 1.54) is 6.20 Å². The third-order valence-corrected chi connectivity index (χ3v) is 6.76. The minimum absolute atomic E-state index is 0.00381. The van der Waals surface area contributed by atoms with E-state index in [-0.39, 0.29) is 23.8 Å². The summed E-state index contributed by atoms with van der Waals surface area (Å²) >= 11 is 1.10. The number of amides is 1. The Morgan fingerprint density at radius 2 is 2.26 bits per heavy atom. The van der Waals surface area contributed by atoms with E-state index in [9.17, 15) is 4.79 Å². The highest BCUT2D eigenvalue weighted by Gasteiger charge is 2.29. The van der Waals surface area contributed by atoms with E-state index in [0.717, 1.165) is 66.6 Å². The van der Waals surface area contributed by atoms with Gasteiger partial charge in [0.15, 0.2) is 10.8 Å². The summed E-state index contributed by atoms with van der Waals surface area (Å²) < 4.78 is 2.27. The molecule has 0 aromatic carbocycles. The normalized spacial score (nSPS) is 18.7. The molecule has 0 aliphatic heterocycles. The van der Waals surface area contributed by atoms with Crippen LogP contribution in [0.1, 0.15) is 71.8 Å². The maximum absolute atomic E-state index is 12.7. The topological polar surface area (TPSA) is 159 Å². The summed E-state index contributed by atoms with van der Waals surface area (Å²) in [5.74, 6) is 1.36. The number of rotatable bonds is 7. The van der Waals surface area contributed by atoms with Crippen LogP contribution in [-0.4, -0.2) is 43.6 Å². The highest BCUT2D eigenvalue weighted by molar-refractivity contribution is 7.14. The van der Waals surface area contributed by atoms with Gasteiger partial charge in [-0.25, -0.2) is 15.0 Å². The lowest BCUT2D eigenvalue weighted by atomic mass is 9.90. The zero-order chi connectivity index (χ0) is 24.2. The highest BCUT2D eigenvalue weighted by atomic mass is 32.1. The number of hydrogen-bond donors (Lipinski definition) is 3. The predicted octanol–water partition coefficient (Wildman–Crippen LogP) is 3.18. The minimum atomic E-state index is -0.239. The molecule has 1 aliphatic rings. The molecule has 176 valence electrons. The summed E-state index contributed by atoms with van der Waals surface area (Å²) in [4.78, 5) is 30.3. The van der Waals surface area contributed by atoms with Crippen LogP contribution in [0.4, 0.5) is 0 Å². The summed E-state index contributed by atoms with van der Waals surface area (Å²) in [6.07, 6.45) is 8.44. The molecule has 4 rings (SSSR count). The van der Waals surface area contributed by atoms with Crippen LogP contribution in [0.2, 0.25) is 0 Å². The second-order valence-electron chi connectivity index (χ2n) is 8.83. The van der Waals surface area contributed by atoms with Crippen molar-refractivity contribution < 1.29 is 4.79 Å². The quantitative estimate of drug-likeness (QED) is 0.350. The second kappa shape index (κ2) is 10.1. The molecule has 1 fully saturated rings. The van der Waals surface area contributed by atoms with Crippen LogP contribution in [0.5, 0.6) is 0 Å². The van der Waals surface area contributed by atoms with Crippen LogP contribution in [0.3, 0.4) is 0 Å². The lowest BCUT2D eigenvalue weighted by Gasteiger charge is -2.32. The number of aromatic nitrogens is 4. The lowest BCUT2D eigenvalue weighted by Crippen LogP contribution is -2.39. The Bertz CT molecular complexity index is 1280. The summed E-state index contributed by atoms with van der Waals surface area (Å²) in [5.41, 5.74) is 8.22. The van der Waals surface area contributed by atoms with Gasteiger partial charge in [0, 0.05) is 18.5 Å². The summed E-state index contributed by atoms with van der Waals surface area (Å²) in [6, 6.07) is 4.05. The van der Waals surface area contributed by atoms with Gasteiger partial charge in [0.1, 0.15) is 34.3 Å². The smallest absolute Gasteiger partial charge is 0.280 e. The van der Waals surface area contributed by atoms with Crippen molar-refractivity contribution >= 4 is 40.5 Å². The van der Waals surface area contributed by atoms with Gasteiger partial charge < -0.3 is 15.6 Å². The first kappa shape index (κ1) is 23.5. The van der Waals surface area contributed by atoms with Gasteiger partial charge in [0.05, 0.1) is 17.9 Å². The molecular weight excluding hydrogens is 450 g/mol. The van der Waals surface area contributed by atoms with Gasteiger partial charge in [-0.1, -0.05) is 25.2 Å². The first-order valence-electron chi connectivity index (χ1n) is 11.3. The number of thiazole rings is 1. The standard InChI is InChI=1S/C23H27N9OS/c1-13(2)6-20-31-18-11-27-17(21(26)29-12-25)8-19(18)32(20)15-5-3-4-14(7-15)30-22(33)23-28-10-16(9-24)34-23/h8,10-15H,3-7H2,1-2H3,(H,30,33)(H3,25,26,29). The number of nitriles is 1. The third-order valence-electron chi connectivity index (χ3n) is 5.86. The molecular formula is C23H27N9OS. The van der Waals surface area contributed by atoms with Crippen LogP contribution in [-0.2, 0) is 6.42 Å². The van der Waals surface area contributed by atoms with Crippen LogP contribution in [0, 0.1) is 22.7 Å². The van der Waals surface area contributed by atoms with Crippen LogP contribution < -0.4 is 11.1 Å². The first-order valence-corrected chi connectivity index (χ1v) is 12.1. The molecule has 3 heterocycles. The Balaban J connectivity index is 1.64.